The largest absolute Gasteiger partial charge is 0.481 e. The highest BCUT2D eigenvalue weighted by atomic mass is 32.2. The maximum Gasteiger partial charge on any atom is 0.307 e. The molecule has 0 aromatic heterocycles. The quantitative estimate of drug-likeness (QED) is 0.884. The van der Waals surface area contributed by atoms with Gasteiger partial charge in [0.25, 0.3) is 15.9 Å². The molecule has 1 heterocycles. The molecule has 0 saturated carbocycles. The first-order chi connectivity index (χ1) is 8.69. The summed E-state index contributed by atoms with van der Waals surface area (Å²) in [4.78, 5) is 22.7. The fourth-order valence-electron chi connectivity index (χ4n) is 1.91. The molecular weight excluding hydrogens is 270 g/mol. The predicted octanol–water partition coefficient (Wildman–Crippen LogP) is 0.769. The molecule has 1 saturated heterocycles. The first kappa shape index (κ1) is 13.5. The Morgan fingerprint density at radius 3 is 2.42 bits per heavy atom. The molecule has 0 bridgehead atoms. The molecule has 7 heteroatoms. The number of carboxylic acids is 1. The van der Waals surface area contributed by atoms with Gasteiger partial charge in [0, 0.05) is 0 Å². The van der Waals surface area contributed by atoms with Crippen LogP contribution in [-0.2, 0) is 26.0 Å². The van der Waals surface area contributed by atoms with E-state index >= 15 is 0 Å². The van der Waals surface area contributed by atoms with Crippen molar-refractivity contribution in [3.05, 3.63) is 29.8 Å². The summed E-state index contributed by atoms with van der Waals surface area (Å²) in [5.41, 5.74) is 0.414. The van der Waals surface area contributed by atoms with E-state index in [2.05, 4.69) is 0 Å². The lowest BCUT2D eigenvalue weighted by Crippen LogP contribution is -2.67. The summed E-state index contributed by atoms with van der Waals surface area (Å²) < 4.78 is 23.4. The molecule has 1 aliphatic rings. The minimum absolute atomic E-state index is 0.120. The van der Waals surface area contributed by atoms with Gasteiger partial charge in [0.15, 0.2) is 4.75 Å². The van der Waals surface area contributed by atoms with Crippen molar-refractivity contribution in [1.82, 2.24) is 0 Å². The van der Waals surface area contributed by atoms with Gasteiger partial charge in [-0.2, -0.15) is 0 Å². The van der Waals surface area contributed by atoms with E-state index in [1.54, 1.807) is 12.1 Å². The maximum atomic E-state index is 12.1. The van der Waals surface area contributed by atoms with Crippen LogP contribution in [-0.4, -0.2) is 30.1 Å². The van der Waals surface area contributed by atoms with E-state index in [9.17, 15) is 18.0 Å². The fourth-order valence-corrected chi connectivity index (χ4v) is 3.43. The molecule has 102 valence electrons. The van der Waals surface area contributed by atoms with Crippen molar-refractivity contribution in [2.24, 2.45) is 0 Å². The van der Waals surface area contributed by atoms with E-state index in [-0.39, 0.29) is 12.1 Å². The molecule has 0 atom stereocenters. The smallest absolute Gasteiger partial charge is 0.307 e. The van der Waals surface area contributed by atoms with Crippen molar-refractivity contribution in [2.45, 2.75) is 25.0 Å². The molecule has 0 unspecified atom stereocenters. The summed E-state index contributed by atoms with van der Waals surface area (Å²) in [5, 5.41) is 8.81. The van der Waals surface area contributed by atoms with E-state index in [4.69, 9.17) is 5.11 Å². The number of sulfonamides is 1. The number of carbonyl (C=O) groups excluding carboxylic acids is 1. The van der Waals surface area contributed by atoms with E-state index in [0.29, 0.717) is 9.87 Å². The zero-order chi connectivity index (χ0) is 14.4. The van der Waals surface area contributed by atoms with Crippen molar-refractivity contribution in [3.8, 4) is 0 Å². The number of hydrogen-bond acceptors (Lipinski definition) is 4. The lowest BCUT2D eigenvalue weighted by atomic mass is 10.1. The zero-order valence-electron chi connectivity index (χ0n) is 10.5. The Hall–Kier alpha value is -1.89. The Kier molecular flexibility index (Phi) is 2.89. The van der Waals surface area contributed by atoms with Crippen LogP contribution < -0.4 is 4.31 Å². The van der Waals surface area contributed by atoms with Crippen LogP contribution in [0.2, 0.25) is 0 Å². The molecular formula is C12H13NO5S. The second-order valence-corrected chi connectivity index (χ2v) is 7.12. The summed E-state index contributed by atoms with van der Waals surface area (Å²) in [6.45, 7) is 2.67. The first-order valence-corrected chi connectivity index (χ1v) is 7.02. The van der Waals surface area contributed by atoms with Gasteiger partial charge in [0.2, 0.25) is 0 Å². The second kappa shape index (κ2) is 4.06. The molecule has 1 N–H and O–H groups in total. The van der Waals surface area contributed by atoms with Crippen LogP contribution in [0.25, 0.3) is 0 Å². The van der Waals surface area contributed by atoms with Crippen LogP contribution in [0, 0.1) is 0 Å². The number of carbonyl (C=O) groups is 2. The third kappa shape index (κ3) is 1.81. The number of nitrogens with zero attached hydrogens (tertiary/aromatic N) is 1. The van der Waals surface area contributed by atoms with Gasteiger partial charge in [-0.1, -0.05) is 18.2 Å². The van der Waals surface area contributed by atoms with E-state index in [1.807, 2.05) is 0 Å². The average Bonchev–Trinajstić information content (AvgIpc) is 2.30. The van der Waals surface area contributed by atoms with Crippen LogP contribution in [0.3, 0.4) is 0 Å². The molecule has 0 spiro atoms. The summed E-state index contributed by atoms with van der Waals surface area (Å²) in [7, 11) is -3.77. The standard InChI is InChI=1S/C12H13NO5S/c1-12(2)11(16)13(19(12,17)18)9-6-4-3-5-8(9)7-10(14)15/h3-6H,7H2,1-2H3,(H,14,15). The van der Waals surface area contributed by atoms with Crippen LogP contribution in [0.1, 0.15) is 19.4 Å². The van der Waals surface area contributed by atoms with E-state index < -0.39 is 26.6 Å². The van der Waals surface area contributed by atoms with Gasteiger partial charge in [0.1, 0.15) is 0 Å². The minimum atomic E-state index is -3.77. The Labute approximate surface area is 110 Å². The normalized spacial score (nSPS) is 19.9. The highest BCUT2D eigenvalue weighted by Crippen LogP contribution is 2.40. The molecule has 1 aliphatic heterocycles. The molecule has 0 radical (unpaired) electrons. The van der Waals surface area contributed by atoms with Gasteiger partial charge in [-0.3, -0.25) is 9.59 Å². The molecule has 1 amide bonds. The summed E-state index contributed by atoms with van der Waals surface area (Å²) in [6.07, 6.45) is -0.337. The number of benzene rings is 1. The average molecular weight is 283 g/mol. The van der Waals surface area contributed by atoms with Gasteiger partial charge < -0.3 is 5.11 Å². The van der Waals surface area contributed by atoms with Gasteiger partial charge in [-0.15, -0.1) is 0 Å². The van der Waals surface area contributed by atoms with Gasteiger partial charge in [-0.25, -0.2) is 12.7 Å². The summed E-state index contributed by atoms with van der Waals surface area (Å²) in [6, 6.07) is 6.10. The van der Waals surface area contributed by atoms with E-state index in [1.165, 1.54) is 26.0 Å². The molecule has 0 aliphatic carbocycles. The van der Waals surface area contributed by atoms with Gasteiger partial charge in [0.05, 0.1) is 12.1 Å². The number of carboxylic acid groups (broad SMARTS) is 1. The molecule has 1 aromatic rings. The third-order valence-corrected chi connectivity index (χ3v) is 5.44. The fraction of sp³-hybridized carbons (Fsp3) is 0.333. The Morgan fingerprint density at radius 1 is 1.32 bits per heavy atom. The summed E-state index contributed by atoms with van der Waals surface area (Å²) in [5.74, 6) is -1.64. The Morgan fingerprint density at radius 2 is 1.89 bits per heavy atom. The van der Waals surface area contributed by atoms with E-state index in [0.717, 1.165) is 0 Å². The van der Waals surface area contributed by atoms with Crippen molar-refractivity contribution in [1.29, 1.82) is 0 Å². The third-order valence-electron chi connectivity index (χ3n) is 3.14. The lowest BCUT2D eigenvalue weighted by Gasteiger charge is -2.43. The van der Waals surface area contributed by atoms with Crippen molar-refractivity contribution in [3.63, 3.8) is 0 Å². The highest BCUT2D eigenvalue weighted by molar-refractivity contribution is 7.98. The van der Waals surface area contributed by atoms with Crippen LogP contribution in [0.15, 0.2) is 24.3 Å². The number of aliphatic carboxylic acids is 1. The zero-order valence-corrected chi connectivity index (χ0v) is 11.3. The SMILES string of the molecule is CC1(C)C(=O)N(c2ccccc2CC(=O)O)S1(=O)=O. The second-order valence-electron chi connectivity index (χ2n) is 4.78. The van der Waals surface area contributed by atoms with Gasteiger partial charge in [-0.05, 0) is 25.5 Å². The molecule has 19 heavy (non-hydrogen) atoms. The number of rotatable bonds is 3. The Balaban J connectivity index is 2.51. The summed E-state index contributed by atoms with van der Waals surface area (Å²) >= 11 is 0. The topological polar surface area (TPSA) is 91.8 Å². The predicted molar refractivity (Wildman–Crippen MR) is 68.3 cm³/mol. The van der Waals surface area contributed by atoms with Crippen molar-refractivity contribution < 1.29 is 23.1 Å². The van der Waals surface area contributed by atoms with Crippen LogP contribution >= 0.6 is 0 Å². The number of amides is 1. The molecule has 6 nitrogen and oxygen atoms in total. The number of anilines is 1. The molecule has 1 fully saturated rings. The molecule has 1 aromatic carbocycles. The van der Waals surface area contributed by atoms with Gasteiger partial charge >= 0.3 is 5.97 Å². The highest BCUT2D eigenvalue weighted by Gasteiger charge is 2.61. The lowest BCUT2D eigenvalue weighted by molar-refractivity contribution is -0.136. The van der Waals surface area contributed by atoms with Crippen molar-refractivity contribution >= 4 is 27.6 Å². The minimum Gasteiger partial charge on any atom is -0.481 e. The number of hydrogen-bond donors (Lipinski definition) is 1. The first-order valence-electron chi connectivity index (χ1n) is 5.58. The Bertz CT molecular complexity index is 662. The monoisotopic (exact) mass is 283 g/mol. The van der Waals surface area contributed by atoms with Crippen molar-refractivity contribution in [2.75, 3.05) is 4.31 Å². The van der Waals surface area contributed by atoms with Crippen LogP contribution in [0.5, 0.6) is 0 Å². The number of para-hydroxylation sites is 1. The molecule has 2 rings (SSSR count). The maximum absolute atomic E-state index is 12.1. The van der Waals surface area contributed by atoms with Crippen LogP contribution in [0.4, 0.5) is 5.69 Å².